The maximum atomic E-state index is 12.9. The standard InChI is InChI=1S/C15H14F3N5OS/c1-2-24-9-4-3-5-10-12(9)19-14(25-10)22-6-7-23-11(8-22)20-21-13(23)15(16,17)18/h3-5H,2,6-8H2,1H3. The van der Waals surface area contributed by atoms with E-state index >= 15 is 0 Å². The molecule has 1 aliphatic heterocycles. The van der Waals surface area contributed by atoms with Crippen molar-refractivity contribution in [2.24, 2.45) is 0 Å². The van der Waals surface area contributed by atoms with E-state index in [1.807, 2.05) is 30.0 Å². The molecule has 0 atom stereocenters. The molecule has 2 aromatic heterocycles. The summed E-state index contributed by atoms with van der Waals surface area (Å²) < 4.78 is 46.5. The molecule has 0 bridgehead atoms. The zero-order chi connectivity index (χ0) is 17.6. The number of fused-ring (bicyclic) bond motifs is 2. The quantitative estimate of drug-likeness (QED) is 0.709. The number of benzene rings is 1. The number of hydrogen-bond acceptors (Lipinski definition) is 6. The van der Waals surface area contributed by atoms with E-state index in [2.05, 4.69) is 15.2 Å². The molecule has 0 unspecified atom stereocenters. The highest BCUT2D eigenvalue weighted by atomic mass is 32.1. The molecule has 0 amide bonds. The molecule has 3 aromatic rings. The van der Waals surface area contributed by atoms with E-state index in [1.165, 1.54) is 11.3 Å². The molecule has 4 rings (SSSR count). The van der Waals surface area contributed by atoms with Gasteiger partial charge in [-0.25, -0.2) is 4.98 Å². The lowest BCUT2D eigenvalue weighted by Gasteiger charge is -2.27. The second kappa shape index (κ2) is 5.87. The minimum atomic E-state index is -4.49. The van der Waals surface area contributed by atoms with E-state index in [4.69, 9.17) is 4.74 Å². The molecule has 0 saturated heterocycles. The Balaban J connectivity index is 1.65. The summed E-state index contributed by atoms with van der Waals surface area (Å²) in [6, 6.07) is 5.71. The number of anilines is 1. The number of nitrogens with zero attached hydrogens (tertiary/aromatic N) is 5. The summed E-state index contributed by atoms with van der Waals surface area (Å²) in [5.74, 6) is 0.0648. The molecule has 6 nitrogen and oxygen atoms in total. The Morgan fingerprint density at radius 2 is 2.08 bits per heavy atom. The number of halogens is 3. The monoisotopic (exact) mass is 369 g/mol. The first-order valence-corrected chi connectivity index (χ1v) is 8.55. The Morgan fingerprint density at radius 1 is 1.24 bits per heavy atom. The van der Waals surface area contributed by atoms with Gasteiger partial charge in [-0.3, -0.25) is 0 Å². The van der Waals surface area contributed by atoms with Gasteiger partial charge < -0.3 is 14.2 Å². The maximum Gasteiger partial charge on any atom is 0.451 e. The molecule has 132 valence electrons. The molecule has 3 heterocycles. The molecule has 1 aliphatic rings. The van der Waals surface area contributed by atoms with Crippen LogP contribution in [0.2, 0.25) is 0 Å². The third-order valence-corrected chi connectivity index (χ3v) is 5.03. The van der Waals surface area contributed by atoms with Crippen LogP contribution in [0.15, 0.2) is 18.2 Å². The van der Waals surface area contributed by atoms with Crippen molar-refractivity contribution in [1.82, 2.24) is 19.7 Å². The summed E-state index contributed by atoms with van der Waals surface area (Å²) in [5, 5.41) is 7.75. The van der Waals surface area contributed by atoms with Crippen molar-refractivity contribution in [2.75, 3.05) is 18.1 Å². The molecular weight excluding hydrogens is 355 g/mol. The number of ether oxygens (including phenoxy) is 1. The van der Waals surface area contributed by atoms with Crippen LogP contribution in [0.25, 0.3) is 10.2 Å². The number of para-hydroxylation sites is 1. The molecule has 0 aliphatic carbocycles. The normalized spacial score (nSPS) is 14.8. The van der Waals surface area contributed by atoms with Crippen LogP contribution in [0.1, 0.15) is 18.6 Å². The van der Waals surface area contributed by atoms with E-state index in [1.54, 1.807) is 0 Å². The average Bonchev–Trinajstić information content (AvgIpc) is 3.18. The van der Waals surface area contributed by atoms with Gasteiger partial charge >= 0.3 is 6.18 Å². The van der Waals surface area contributed by atoms with E-state index < -0.39 is 12.0 Å². The van der Waals surface area contributed by atoms with Crippen LogP contribution in [-0.2, 0) is 19.3 Å². The van der Waals surface area contributed by atoms with Gasteiger partial charge in [0.05, 0.1) is 17.9 Å². The van der Waals surface area contributed by atoms with Crippen LogP contribution in [0.5, 0.6) is 5.75 Å². The SMILES string of the molecule is CCOc1cccc2sc(N3CCn4c(nnc4C(F)(F)F)C3)nc12. The van der Waals surface area contributed by atoms with Gasteiger partial charge in [0.2, 0.25) is 5.82 Å². The highest BCUT2D eigenvalue weighted by molar-refractivity contribution is 7.22. The number of hydrogen-bond donors (Lipinski definition) is 0. The molecule has 25 heavy (non-hydrogen) atoms. The van der Waals surface area contributed by atoms with Crippen molar-refractivity contribution in [3.8, 4) is 5.75 Å². The van der Waals surface area contributed by atoms with Crippen molar-refractivity contribution in [2.45, 2.75) is 26.2 Å². The Hall–Kier alpha value is -2.36. The molecular formula is C15H14F3N5OS. The van der Waals surface area contributed by atoms with E-state index in [0.717, 1.165) is 19.9 Å². The van der Waals surface area contributed by atoms with Gasteiger partial charge in [-0.05, 0) is 19.1 Å². The summed E-state index contributed by atoms with van der Waals surface area (Å²) in [6.07, 6.45) is -4.49. The Kier molecular flexibility index (Phi) is 3.78. The molecule has 0 spiro atoms. The minimum absolute atomic E-state index is 0.172. The first-order chi connectivity index (χ1) is 12.0. The van der Waals surface area contributed by atoms with Gasteiger partial charge in [-0.2, -0.15) is 13.2 Å². The third kappa shape index (κ3) is 2.80. The molecule has 0 radical (unpaired) electrons. The summed E-state index contributed by atoms with van der Waals surface area (Å²) in [6.45, 7) is 3.27. The van der Waals surface area contributed by atoms with Gasteiger partial charge in [-0.15, -0.1) is 10.2 Å². The zero-order valence-corrected chi connectivity index (χ0v) is 14.1. The second-order valence-corrected chi connectivity index (χ2v) is 6.55. The molecule has 1 aromatic carbocycles. The van der Waals surface area contributed by atoms with Crippen molar-refractivity contribution in [1.29, 1.82) is 0 Å². The molecule has 10 heteroatoms. The van der Waals surface area contributed by atoms with Gasteiger partial charge in [0.15, 0.2) is 11.0 Å². The molecule has 0 saturated carbocycles. The highest BCUT2D eigenvalue weighted by Gasteiger charge is 2.39. The predicted molar refractivity (Wildman–Crippen MR) is 86.9 cm³/mol. The predicted octanol–water partition coefficient (Wildman–Crippen LogP) is 3.33. The largest absolute Gasteiger partial charge is 0.492 e. The lowest BCUT2D eigenvalue weighted by Crippen LogP contribution is -2.35. The second-order valence-electron chi connectivity index (χ2n) is 5.54. The fourth-order valence-electron chi connectivity index (χ4n) is 2.85. The maximum absolute atomic E-state index is 12.9. The first kappa shape index (κ1) is 16.1. The van der Waals surface area contributed by atoms with E-state index in [-0.39, 0.29) is 13.1 Å². The summed E-state index contributed by atoms with van der Waals surface area (Å²) >= 11 is 1.49. The Morgan fingerprint density at radius 3 is 2.84 bits per heavy atom. The van der Waals surface area contributed by atoms with Crippen LogP contribution in [0.4, 0.5) is 18.3 Å². The zero-order valence-electron chi connectivity index (χ0n) is 13.2. The number of thiazole rings is 1. The van der Waals surface area contributed by atoms with Crippen LogP contribution in [-0.4, -0.2) is 32.9 Å². The van der Waals surface area contributed by atoms with Gasteiger partial charge in [0.25, 0.3) is 0 Å². The topological polar surface area (TPSA) is 56.1 Å². The van der Waals surface area contributed by atoms with Crippen LogP contribution in [0, 0.1) is 0 Å². The van der Waals surface area contributed by atoms with Gasteiger partial charge in [0, 0.05) is 13.1 Å². The van der Waals surface area contributed by atoms with Gasteiger partial charge in [-0.1, -0.05) is 17.4 Å². The fourth-order valence-corrected chi connectivity index (χ4v) is 3.86. The van der Waals surface area contributed by atoms with Crippen molar-refractivity contribution in [3.05, 3.63) is 29.8 Å². The van der Waals surface area contributed by atoms with E-state index in [0.29, 0.717) is 24.7 Å². The fraction of sp³-hybridized carbons (Fsp3) is 0.400. The van der Waals surface area contributed by atoms with Crippen LogP contribution < -0.4 is 9.64 Å². The average molecular weight is 369 g/mol. The Labute approximate surface area is 144 Å². The smallest absolute Gasteiger partial charge is 0.451 e. The van der Waals surface area contributed by atoms with Crippen LogP contribution in [0.3, 0.4) is 0 Å². The Bertz CT molecular complexity index is 920. The summed E-state index contributed by atoms with van der Waals surface area (Å²) in [5.41, 5.74) is 0.771. The van der Waals surface area contributed by atoms with Gasteiger partial charge in [0.1, 0.15) is 11.3 Å². The lowest BCUT2D eigenvalue weighted by molar-refractivity contribution is -0.147. The van der Waals surface area contributed by atoms with Crippen molar-refractivity contribution < 1.29 is 17.9 Å². The first-order valence-electron chi connectivity index (χ1n) is 7.74. The van der Waals surface area contributed by atoms with Crippen molar-refractivity contribution >= 4 is 26.7 Å². The number of aromatic nitrogens is 4. The summed E-state index contributed by atoms with van der Waals surface area (Å²) in [7, 11) is 0. The highest BCUT2D eigenvalue weighted by Crippen LogP contribution is 2.36. The molecule has 0 N–H and O–H groups in total. The summed E-state index contributed by atoms with van der Waals surface area (Å²) in [4.78, 5) is 6.54. The van der Waals surface area contributed by atoms with E-state index in [9.17, 15) is 13.2 Å². The number of rotatable bonds is 3. The van der Waals surface area contributed by atoms with Crippen LogP contribution >= 0.6 is 11.3 Å². The third-order valence-electron chi connectivity index (χ3n) is 3.95. The number of alkyl halides is 3. The van der Waals surface area contributed by atoms with Crippen molar-refractivity contribution in [3.63, 3.8) is 0 Å². The lowest BCUT2D eigenvalue weighted by atomic mass is 10.3. The molecule has 0 fully saturated rings. The minimum Gasteiger partial charge on any atom is -0.492 e.